The number of anilines is 3. The van der Waals surface area contributed by atoms with E-state index in [0.29, 0.717) is 92.1 Å². The molecular formula is C84H83N15O6. The molecule has 6 heterocycles. The summed E-state index contributed by atoms with van der Waals surface area (Å²) in [6.45, 7) is 4.48. The molecule has 6 aliphatic carbocycles. The normalized spacial score (nSPS) is 20.7. The van der Waals surface area contributed by atoms with E-state index in [0.717, 1.165) is 86.8 Å². The first-order chi connectivity index (χ1) is 51.2. The molecule has 0 spiro atoms. The minimum atomic E-state index is -0.237. The minimum Gasteiger partial charge on any atom is -0.349 e. The van der Waals surface area contributed by atoms with Gasteiger partial charge in [-0.25, -0.2) is 29.9 Å². The number of benzene rings is 6. The molecule has 21 heteroatoms. The maximum atomic E-state index is 13.1. The summed E-state index contributed by atoms with van der Waals surface area (Å²) in [7, 11) is 0. The Labute approximate surface area is 607 Å². The van der Waals surface area contributed by atoms with Crippen molar-refractivity contribution >= 4 is 86.0 Å². The zero-order valence-electron chi connectivity index (χ0n) is 58.6. The molecule has 0 aliphatic heterocycles. The molecule has 530 valence electrons. The minimum absolute atomic E-state index is 0.0252. The van der Waals surface area contributed by atoms with E-state index in [1.54, 1.807) is 91.4 Å². The average molecular weight is 1400 g/mol. The highest BCUT2D eigenvalue weighted by molar-refractivity contribution is 6.07. The van der Waals surface area contributed by atoms with Crippen LogP contribution < -0.4 is 31.9 Å². The number of pyridine rings is 3. The summed E-state index contributed by atoms with van der Waals surface area (Å²) < 4.78 is 0. The third kappa shape index (κ3) is 16.3. The smallest absolute Gasteiger partial charge is 0.256 e. The number of hydrogen-bond donors (Lipinski definition) is 9. The summed E-state index contributed by atoms with van der Waals surface area (Å²) in [5.41, 5.74) is 10.7. The molecule has 2 atom stereocenters. The molecule has 2 unspecified atom stereocenters. The number of nitrogens with one attached hydrogen (secondary N) is 9. The number of amides is 6. The van der Waals surface area contributed by atoms with Gasteiger partial charge in [0.15, 0.2) is 0 Å². The SMILES string of the molecule is CC1CCC(NC(=O)c2ccc(-c3nc4ccc(C(=O)Nc5ccccn5)cc4[nH]3)cc2)CC1.CC1CCCCC1NC(=O)c1ccc(-c2nc3ccc(C(=O)Nc4ccccn4)cc3[nH]2)cc1.O=C(Nc1ccccn1)c1ccc2nc(-c3ccc(C(=O)NC4C5CC6CC(C5)CC4C6)cc3)[nH]c2c1. The van der Waals surface area contributed by atoms with Crippen LogP contribution in [-0.4, -0.2) is 98.4 Å². The van der Waals surface area contributed by atoms with Crippen molar-refractivity contribution in [3.05, 3.63) is 234 Å². The quantitative estimate of drug-likeness (QED) is 0.0463. The molecular weight excluding hydrogens is 1320 g/mol. The number of fused-ring (bicyclic) bond motifs is 3. The van der Waals surface area contributed by atoms with Gasteiger partial charge in [0.05, 0.1) is 33.1 Å². The van der Waals surface area contributed by atoms with E-state index in [2.05, 4.69) is 90.6 Å². The second-order valence-corrected chi connectivity index (χ2v) is 28.9. The molecule has 6 aromatic heterocycles. The number of H-pyrrole nitrogens is 3. The third-order valence-electron chi connectivity index (χ3n) is 21.5. The third-order valence-corrected chi connectivity index (χ3v) is 21.5. The summed E-state index contributed by atoms with van der Waals surface area (Å²) in [4.78, 5) is 112. The average Bonchev–Trinajstić information content (AvgIpc) is 1.60. The summed E-state index contributed by atoms with van der Waals surface area (Å²) >= 11 is 0. The fourth-order valence-electron chi connectivity index (χ4n) is 15.9. The molecule has 6 amide bonds. The van der Waals surface area contributed by atoms with Crippen LogP contribution in [0.15, 0.2) is 201 Å². The highest BCUT2D eigenvalue weighted by atomic mass is 16.2. The van der Waals surface area contributed by atoms with Crippen molar-refractivity contribution in [2.45, 2.75) is 115 Å². The largest absolute Gasteiger partial charge is 0.349 e. The fraction of sp³-hybridized carbons (Fsp3) is 0.286. The van der Waals surface area contributed by atoms with E-state index in [9.17, 15) is 28.8 Å². The van der Waals surface area contributed by atoms with Crippen LogP contribution in [0.4, 0.5) is 17.5 Å². The lowest BCUT2D eigenvalue weighted by Crippen LogP contribution is -2.55. The van der Waals surface area contributed by atoms with Crippen LogP contribution in [0, 0.1) is 35.5 Å². The molecule has 6 saturated carbocycles. The number of aromatic amines is 3. The molecule has 105 heavy (non-hydrogen) atoms. The van der Waals surface area contributed by atoms with E-state index in [1.807, 2.05) is 109 Å². The number of carbonyl (C=O) groups excluding carboxylic acids is 6. The van der Waals surface area contributed by atoms with Gasteiger partial charge in [-0.15, -0.1) is 0 Å². The molecule has 18 rings (SSSR count). The Kier molecular flexibility index (Phi) is 20.2. The van der Waals surface area contributed by atoms with Gasteiger partial charge in [0.1, 0.15) is 34.9 Å². The summed E-state index contributed by atoms with van der Waals surface area (Å²) in [6, 6.07) is 55.5. The number of hydrogen-bond acceptors (Lipinski definition) is 12. The van der Waals surface area contributed by atoms with Crippen LogP contribution in [0.1, 0.15) is 159 Å². The molecule has 12 aromatic rings. The zero-order valence-corrected chi connectivity index (χ0v) is 58.6. The number of carbonyl (C=O) groups is 6. The van der Waals surface area contributed by atoms with E-state index in [1.165, 1.54) is 64.2 Å². The van der Waals surface area contributed by atoms with Gasteiger partial charge in [-0.2, -0.15) is 0 Å². The van der Waals surface area contributed by atoms with Crippen LogP contribution in [-0.2, 0) is 0 Å². The van der Waals surface area contributed by atoms with Crippen LogP contribution in [0.3, 0.4) is 0 Å². The van der Waals surface area contributed by atoms with E-state index in [-0.39, 0.29) is 47.5 Å². The van der Waals surface area contributed by atoms with Crippen molar-refractivity contribution in [2.75, 3.05) is 16.0 Å². The molecule has 0 radical (unpaired) electrons. The standard InChI is InChI=1S/C30H29N5O2.2C27H27N5O2/c36-29(35-27-22-12-17-11-18(14-22)15-23(27)13-17)20-6-4-19(5-7-20)28-32-24-9-8-21(16-25(24)33-28)30(37)34-26-3-1-2-10-31-26;1-17-6-2-3-7-21(17)31-26(33)19-11-9-18(10-12-19)25-29-22-14-13-20(16-23(22)30-25)27(34)32-24-8-4-5-15-28-24;1-17-5-12-21(13-6-17)29-26(33)19-9-7-18(8-10-19)25-30-22-14-11-20(16-23(22)31-25)27(34)32-24-4-2-3-15-28-24/h1-10,16-18,22-23,27H,11-15H2,(H,32,33)(H,35,36)(H,31,34,37);4-5,8-17,21H,2-3,6-7H2,1H3,(H,29,30)(H,31,33)(H,28,32,34);2-4,7-11,14-17,21H,5-6,12-13H2,1H3,(H,29,33)(H,30,31)(H,28,32,34). The van der Waals surface area contributed by atoms with Gasteiger partial charge < -0.3 is 46.9 Å². The Morgan fingerprint density at radius 3 is 1.10 bits per heavy atom. The second kappa shape index (κ2) is 30.9. The van der Waals surface area contributed by atoms with Gasteiger partial charge in [0, 0.05) is 86.8 Å². The predicted octanol–water partition coefficient (Wildman–Crippen LogP) is 15.8. The monoisotopic (exact) mass is 1400 g/mol. The van der Waals surface area contributed by atoms with Crippen LogP contribution in [0.25, 0.3) is 67.3 Å². The lowest BCUT2D eigenvalue weighted by molar-refractivity contribution is -0.0119. The van der Waals surface area contributed by atoms with Crippen molar-refractivity contribution < 1.29 is 28.8 Å². The molecule has 6 aliphatic rings. The first-order valence-electron chi connectivity index (χ1n) is 36.6. The molecule has 9 N–H and O–H groups in total. The van der Waals surface area contributed by atoms with Crippen molar-refractivity contribution in [1.29, 1.82) is 0 Å². The second-order valence-electron chi connectivity index (χ2n) is 28.9. The first kappa shape index (κ1) is 68.8. The fourth-order valence-corrected chi connectivity index (χ4v) is 15.9. The Balaban J connectivity index is 0.000000127. The highest BCUT2D eigenvalue weighted by Gasteiger charge is 2.48. The van der Waals surface area contributed by atoms with Crippen LogP contribution in [0.5, 0.6) is 0 Å². The number of nitrogens with zero attached hydrogens (tertiary/aromatic N) is 6. The Morgan fingerprint density at radius 1 is 0.362 bits per heavy atom. The van der Waals surface area contributed by atoms with Crippen molar-refractivity contribution in [3.63, 3.8) is 0 Å². The van der Waals surface area contributed by atoms with Gasteiger partial charge in [-0.05, 0) is 234 Å². The maximum Gasteiger partial charge on any atom is 0.256 e. The Morgan fingerprint density at radius 2 is 0.724 bits per heavy atom. The summed E-state index contributed by atoms with van der Waals surface area (Å²) in [5.74, 6) is 7.21. The first-order valence-corrected chi connectivity index (χ1v) is 36.6. The lowest BCUT2D eigenvalue weighted by atomic mass is 9.54. The molecule has 21 nitrogen and oxygen atoms in total. The molecule has 0 saturated heterocycles. The summed E-state index contributed by atoms with van der Waals surface area (Å²) in [5, 5.41) is 18.1. The number of rotatable bonds is 15. The van der Waals surface area contributed by atoms with Gasteiger partial charge >= 0.3 is 0 Å². The topological polar surface area (TPSA) is 299 Å². The van der Waals surface area contributed by atoms with Crippen molar-refractivity contribution in [2.24, 2.45) is 35.5 Å². The van der Waals surface area contributed by atoms with E-state index < -0.39 is 0 Å². The van der Waals surface area contributed by atoms with Gasteiger partial charge in [0.2, 0.25) is 0 Å². The summed E-state index contributed by atoms with van der Waals surface area (Å²) in [6.07, 6.45) is 20.5. The van der Waals surface area contributed by atoms with Crippen LogP contribution in [0.2, 0.25) is 0 Å². The molecule has 4 bridgehead atoms. The zero-order chi connectivity index (χ0) is 71.9. The number of imidazole rings is 3. The lowest BCUT2D eigenvalue weighted by Gasteiger charge is -2.54. The van der Waals surface area contributed by atoms with E-state index in [4.69, 9.17) is 0 Å². The van der Waals surface area contributed by atoms with Crippen LogP contribution >= 0.6 is 0 Å². The molecule has 6 fully saturated rings. The van der Waals surface area contributed by atoms with Gasteiger partial charge in [0.25, 0.3) is 35.4 Å². The predicted molar refractivity (Wildman–Crippen MR) is 407 cm³/mol. The van der Waals surface area contributed by atoms with Gasteiger partial charge in [-0.3, -0.25) is 28.8 Å². The molecule has 6 aromatic carbocycles. The Hall–Kier alpha value is -12.0. The van der Waals surface area contributed by atoms with E-state index >= 15 is 0 Å². The van der Waals surface area contributed by atoms with Gasteiger partial charge in [-0.1, -0.05) is 81.3 Å². The Bertz CT molecular complexity index is 5080. The maximum absolute atomic E-state index is 13.1. The van der Waals surface area contributed by atoms with Crippen molar-refractivity contribution in [1.82, 2.24) is 60.8 Å². The highest BCUT2D eigenvalue weighted by Crippen LogP contribution is 2.54. The van der Waals surface area contributed by atoms with Crippen molar-refractivity contribution in [3.8, 4) is 34.2 Å². The number of aromatic nitrogens is 9.